The smallest absolute Gasteiger partial charge is 0.177 e. The summed E-state index contributed by atoms with van der Waals surface area (Å²) in [5.74, 6) is 0. The first-order chi connectivity index (χ1) is 5.58. The zero-order chi connectivity index (χ0) is 9.61. The molecule has 4 heteroatoms. The van der Waals surface area contributed by atoms with Gasteiger partial charge in [-0.2, -0.15) is 0 Å². The molecule has 12 heavy (non-hydrogen) atoms. The van der Waals surface area contributed by atoms with E-state index in [-0.39, 0.29) is 6.61 Å². The second-order valence-electron chi connectivity index (χ2n) is 2.91. The number of aliphatic hydroxyl groups is 1. The highest BCUT2D eigenvalue weighted by atomic mass is 16.7. The van der Waals surface area contributed by atoms with E-state index in [9.17, 15) is 0 Å². The highest BCUT2D eigenvalue weighted by Crippen LogP contribution is 2.11. The van der Waals surface area contributed by atoms with Gasteiger partial charge in [-0.3, -0.25) is 0 Å². The lowest BCUT2D eigenvalue weighted by Gasteiger charge is -2.31. The Morgan fingerprint density at radius 1 is 1.33 bits per heavy atom. The van der Waals surface area contributed by atoms with Gasteiger partial charge < -0.3 is 20.3 Å². The molecule has 1 unspecified atom stereocenters. The molecule has 0 bridgehead atoms. The standard InChI is InChI=1S/C8H19NO3/c1-4-11-7(12-5-2)8(3,9)6-10/h7,10H,4-6,9H2,1-3H3. The maximum absolute atomic E-state index is 8.93. The Hall–Kier alpha value is -0.160. The van der Waals surface area contributed by atoms with Crippen LogP contribution in [0.3, 0.4) is 0 Å². The van der Waals surface area contributed by atoms with Gasteiger partial charge in [0.1, 0.15) is 0 Å². The topological polar surface area (TPSA) is 64.7 Å². The third kappa shape index (κ3) is 3.49. The van der Waals surface area contributed by atoms with Crippen molar-refractivity contribution in [2.45, 2.75) is 32.6 Å². The van der Waals surface area contributed by atoms with Crippen molar-refractivity contribution in [3.63, 3.8) is 0 Å². The quantitative estimate of drug-likeness (QED) is 0.565. The van der Waals surface area contributed by atoms with Crippen LogP contribution in [0.2, 0.25) is 0 Å². The highest BCUT2D eigenvalue weighted by Gasteiger charge is 2.30. The second kappa shape index (κ2) is 5.48. The van der Waals surface area contributed by atoms with Crippen LogP contribution in [0.25, 0.3) is 0 Å². The van der Waals surface area contributed by atoms with Gasteiger partial charge in [0.15, 0.2) is 6.29 Å². The normalized spacial score (nSPS) is 16.5. The monoisotopic (exact) mass is 177 g/mol. The molecule has 0 saturated carbocycles. The van der Waals surface area contributed by atoms with Crippen molar-refractivity contribution in [3.8, 4) is 0 Å². The Morgan fingerprint density at radius 3 is 2.00 bits per heavy atom. The van der Waals surface area contributed by atoms with Crippen molar-refractivity contribution in [1.29, 1.82) is 0 Å². The Labute approximate surface area is 73.7 Å². The number of hydrogen-bond donors (Lipinski definition) is 2. The first-order valence-corrected chi connectivity index (χ1v) is 4.21. The third-order valence-electron chi connectivity index (χ3n) is 1.52. The van der Waals surface area contributed by atoms with Gasteiger partial charge in [0.05, 0.1) is 12.1 Å². The van der Waals surface area contributed by atoms with Crippen molar-refractivity contribution in [2.24, 2.45) is 5.73 Å². The lowest BCUT2D eigenvalue weighted by molar-refractivity contribution is -0.178. The molecule has 0 saturated heterocycles. The molecule has 1 atom stereocenters. The number of rotatable bonds is 6. The van der Waals surface area contributed by atoms with E-state index in [4.69, 9.17) is 20.3 Å². The molecular formula is C8H19NO3. The van der Waals surface area contributed by atoms with E-state index in [2.05, 4.69) is 0 Å². The van der Waals surface area contributed by atoms with Crippen LogP contribution in [0.4, 0.5) is 0 Å². The Morgan fingerprint density at radius 2 is 1.75 bits per heavy atom. The number of aliphatic hydroxyl groups excluding tert-OH is 1. The van der Waals surface area contributed by atoms with Crippen LogP contribution in [-0.4, -0.2) is 36.8 Å². The Balaban J connectivity index is 4.07. The summed E-state index contributed by atoms with van der Waals surface area (Å²) in [4.78, 5) is 0. The Kier molecular flexibility index (Phi) is 5.41. The van der Waals surface area contributed by atoms with E-state index in [1.165, 1.54) is 0 Å². The molecule has 0 radical (unpaired) electrons. The number of nitrogens with two attached hydrogens (primary N) is 1. The fraction of sp³-hybridized carbons (Fsp3) is 1.00. The Bertz CT molecular complexity index is 111. The van der Waals surface area contributed by atoms with Crippen molar-refractivity contribution >= 4 is 0 Å². The highest BCUT2D eigenvalue weighted by molar-refractivity contribution is 4.81. The summed E-state index contributed by atoms with van der Waals surface area (Å²) in [5, 5.41) is 8.93. The van der Waals surface area contributed by atoms with Gasteiger partial charge in [-0.15, -0.1) is 0 Å². The summed E-state index contributed by atoms with van der Waals surface area (Å²) >= 11 is 0. The second-order valence-corrected chi connectivity index (χ2v) is 2.91. The van der Waals surface area contributed by atoms with Crippen LogP contribution >= 0.6 is 0 Å². The van der Waals surface area contributed by atoms with Crippen molar-refractivity contribution in [2.75, 3.05) is 19.8 Å². The first-order valence-electron chi connectivity index (χ1n) is 4.21. The van der Waals surface area contributed by atoms with E-state index < -0.39 is 11.8 Å². The summed E-state index contributed by atoms with van der Waals surface area (Å²) < 4.78 is 10.5. The SMILES string of the molecule is CCOC(OCC)C(C)(N)CO. The van der Waals surface area contributed by atoms with Gasteiger partial charge in [0.25, 0.3) is 0 Å². The molecule has 0 aromatic heterocycles. The third-order valence-corrected chi connectivity index (χ3v) is 1.52. The number of ether oxygens (including phenoxy) is 2. The molecule has 0 aliphatic rings. The zero-order valence-corrected chi connectivity index (χ0v) is 8.04. The molecule has 0 aliphatic heterocycles. The van der Waals surface area contributed by atoms with E-state index in [1.807, 2.05) is 13.8 Å². The van der Waals surface area contributed by atoms with Crippen LogP contribution in [0.15, 0.2) is 0 Å². The summed E-state index contributed by atoms with van der Waals surface area (Å²) in [7, 11) is 0. The first kappa shape index (κ1) is 11.8. The van der Waals surface area contributed by atoms with Gasteiger partial charge in [0.2, 0.25) is 0 Å². The van der Waals surface area contributed by atoms with Crippen molar-refractivity contribution in [1.82, 2.24) is 0 Å². The maximum atomic E-state index is 8.93. The molecular weight excluding hydrogens is 158 g/mol. The van der Waals surface area contributed by atoms with E-state index in [0.29, 0.717) is 13.2 Å². The lowest BCUT2D eigenvalue weighted by Crippen LogP contribution is -2.53. The molecule has 0 rings (SSSR count). The summed E-state index contributed by atoms with van der Waals surface area (Å²) in [6.07, 6.45) is -0.530. The molecule has 0 aromatic rings. The minimum Gasteiger partial charge on any atom is -0.394 e. The molecule has 3 N–H and O–H groups in total. The fourth-order valence-corrected chi connectivity index (χ4v) is 0.806. The largest absolute Gasteiger partial charge is 0.394 e. The van der Waals surface area contributed by atoms with Gasteiger partial charge >= 0.3 is 0 Å². The van der Waals surface area contributed by atoms with E-state index in [0.717, 1.165) is 0 Å². The lowest BCUT2D eigenvalue weighted by atomic mass is 10.1. The summed E-state index contributed by atoms with van der Waals surface area (Å²) in [6, 6.07) is 0. The summed E-state index contributed by atoms with van der Waals surface area (Å²) in [5.41, 5.74) is 4.91. The van der Waals surface area contributed by atoms with Gasteiger partial charge in [-0.05, 0) is 20.8 Å². The molecule has 4 nitrogen and oxygen atoms in total. The molecule has 0 spiro atoms. The van der Waals surface area contributed by atoms with Crippen LogP contribution in [0, 0.1) is 0 Å². The van der Waals surface area contributed by atoms with E-state index >= 15 is 0 Å². The average molecular weight is 177 g/mol. The van der Waals surface area contributed by atoms with Crippen LogP contribution in [-0.2, 0) is 9.47 Å². The maximum Gasteiger partial charge on any atom is 0.177 e. The average Bonchev–Trinajstić information content (AvgIpc) is 2.04. The van der Waals surface area contributed by atoms with Crippen LogP contribution in [0.1, 0.15) is 20.8 Å². The van der Waals surface area contributed by atoms with Gasteiger partial charge in [0, 0.05) is 13.2 Å². The molecule has 0 fully saturated rings. The molecule has 0 aliphatic carbocycles. The van der Waals surface area contributed by atoms with Crippen LogP contribution < -0.4 is 5.73 Å². The van der Waals surface area contributed by atoms with Gasteiger partial charge in [-0.1, -0.05) is 0 Å². The van der Waals surface area contributed by atoms with E-state index in [1.54, 1.807) is 6.92 Å². The minimum absolute atomic E-state index is 0.155. The van der Waals surface area contributed by atoms with Crippen LogP contribution in [0.5, 0.6) is 0 Å². The molecule has 74 valence electrons. The zero-order valence-electron chi connectivity index (χ0n) is 8.04. The molecule has 0 heterocycles. The summed E-state index contributed by atoms with van der Waals surface area (Å²) in [6.45, 7) is 6.31. The fourth-order valence-electron chi connectivity index (χ4n) is 0.806. The number of hydrogen-bond acceptors (Lipinski definition) is 4. The minimum atomic E-state index is -0.827. The molecule has 0 amide bonds. The predicted octanol–water partition coefficient (Wildman–Crippen LogP) is 0.0952. The van der Waals surface area contributed by atoms with Crippen molar-refractivity contribution < 1.29 is 14.6 Å². The van der Waals surface area contributed by atoms with Gasteiger partial charge in [-0.25, -0.2) is 0 Å². The van der Waals surface area contributed by atoms with Crippen molar-refractivity contribution in [3.05, 3.63) is 0 Å². The molecule has 0 aromatic carbocycles. The predicted molar refractivity (Wildman–Crippen MR) is 46.7 cm³/mol.